The molecular formula is C18H18N4O2S2. The summed E-state index contributed by atoms with van der Waals surface area (Å²) in [4.78, 5) is 16.5. The summed E-state index contributed by atoms with van der Waals surface area (Å²) in [6.45, 7) is 1.96. The molecule has 0 saturated heterocycles. The maximum Gasteiger partial charge on any atom is 0.277 e. The summed E-state index contributed by atoms with van der Waals surface area (Å²) in [5, 5.41) is 14.3. The van der Waals surface area contributed by atoms with Gasteiger partial charge in [0.25, 0.3) is 5.22 Å². The van der Waals surface area contributed by atoms with E-state index in [-0.39, 0.29) is 11.7 Å². The van der Waals surface area contributed by atoms with Gasteiger partial charge in [0.1, 0.15) is 0 Å². The first-order valence-electron chi connectivity index (χ1n) is 8.43. The predicted octanol–water partition coefficient (Wildman–Crippen LogP) is 3.64. The molecule has 0 atom stereocenters. The minimum atomic E-state index is -0.0807. The van der Waals surface area contributed by atoms with E-state index in [1.54, 1.807) is 11.3 Å². The zero-order valence-electron chi connectivity index (χ0n) is 14.3. The predicted molar refractivity (Wildman–Crippen MR) is 102 cm³/mol. The van der Waals surface area contributed by atoms with Crippen molar-refractivity contribution >= 4 is 34.7 Å². The highest BCUT2D eigenvalue weighted by Crippen LogP contribution is 2.25. The van der Waals surface area contributed by atoms with E-state index in [2.05, 4.69) is 32.6 Å². The van der Waals surface area contributed by atoms with Crippen molar-refractivity contribution in [1.82, 2.24) is 15.2 Å². The lowest BCUT2D eigenvalue weighted by molar-refractivity contribution is -0.113. The van der Waals surface area contributed by atoms with Crippen molar-refractivity contribution in [2.24, 2.45) is 0 Å². The fourth-order valence-electron chi connectivity index (χ4n) is 2.99. The van der Waals surface area contributed by atoms with Gasteiger partial charge in [-0.15, -0.1) is 21.5 Å². The zero-order chi connectivity index (χ0) is 17.9. The van der Waals surface area contributed by atoms with Crippen LogP contribution in [0.4, 0.5) is 5.69 Å². The van der Waals surface area contributed by atoms with E-state index in [0.717, 1.165) is 29.2 Å². The standard InChI is InChI=1S/C18H18N4O2S2/c1-11-19-15(9-25-11)8-17-21-22-18(24-17)26-10-16(23)20-14-6-5-12-3-2-4-13(12)7-14/h5-7,9H,2-4,8,10H2,1H3,(H,20,23). The first kappa shape index (κ1) is 17.2. The zero-order valence-corrected chi connectivity index (χ0v) is 16.0. The normalized spacial score (nSPS) is 13.0. The lowest BCUT2D eigenvalue weighted by atomic mass is 10.1. The number of fused-ring (bicyclic) bond motifs is 1. The molecule has 4 rings (SSSR count). The molecule has 0 saturated carbocycles. The molecule has 0 aliphatic heterocycles. The average Bonchev–Trinajstić information content (AvgIpc) is 3.34. The smallest absolute Gasteiger partial charge is 0.277 e. The number of nitrogens with zero attached hydrogens (tertiary/aromatic N) is 3. The van der Waals surface area contributed by atoms with Crippen LogP contribution in [0.25, 0.3) is 0 Å². The summed E-state index contributed by atoms with van der Waals surface area (Å²) in [7, 11) is 0. The molecule has 1 aliphatic rings. The van der Waals surface area contributed by atoms with Crippen LogP contribution in [0.2, 0.25) is 0 Å². The molecule has 0 radical (unpaired) electrons. The summed E-state index contributed by atoms with van der Waals surface area (Å²) in [6, 6.07) is 6.15. The molecule has 134 valence electrons. The van der Waals surface area contributed by atoms with Crippen molar-refractivity contribution in [3.05, 3.63) is 51.3 Å². The van der Waals surface area contributed by atoms with E-state index >= 15 is 0 Å². The first-order chi connectivity index (χ1) is 12.7. The molecule has 8 heteroatoms. The summed E-state index contributed by atoms with van der Waals surface area (Å²) in [6.07, 6.45) is 3.94. The van der Waals surface area contributed by atoms with E-state index in [1.807, 2.05) is 18.4 Å². The van der Waals surface area contributed by atoms with Gasteiger partial charge in [-0.1, -0.05) is 17.8 Å². The molecule has 1 N–H and O–H groups in total. The molecule has 1 amide bonds. The van der Waals surface area contributed by atoms with Crippen LogP contribution in [-0.2, 0) is 24.1 Å². The molecule has 2 heterocycles. The number of rotatable bonds is 6. The van der Waals surface area contributed by atoms with E-state index < -0.39 is 0 Å². The van der Waals surface area contributed by atoms with Crippen LogP contribution in [0.15, 0.2) is 33.2 Å². The lowest BCUT2D eigenvalue weighted by Crippen LogP contribution is -2.14. The van der Waals surface area contributed by atoms with E-state index in [4.69, 9.17) is 4.42 Å². The van der Waals surface area contributed by atoms with Gasteiger partial charge in [-0.2, -0.15) is 0 Å². The van der Waals surface area contributed by atoms with Crippen LogP contribution in [0.3, 0.4) is 0 Å². The molecule has 1 aromatic carbocycles. The van der Waals surface area contributed by atoms with Crippen LogP contribution < -0.4 is 5.32 Å². The quantitative estimate of drug-likeness (QED) is 0.652. The van der Waals surface area contributed by atoms with Crippen molar-refractivity contribution in [2.45, 2.75) is 37.8 Å². The highest BCUT2D eigenvalue weighted by molar-refractivity contribution is 7.99. The molecule has 0 unspecified atom stereocenters. The van der Waals surface area contributed by atoms with Crippen LogP contribution in [0, 0.1) is 6.92 Å². The molecule has 0 fully saturated rings. The van der Waals surface area contributed by atoms with E-state index in [9.17, 15) is 4.79 Å². The highest BCUT2D eigenvalue weighted by Gasteiger charge is 2.14. The molecule has 1 aliphatic carbocycles. The lowest BCUT2D eigenvalue weighted by Gasteiger charge is -2.06. The number of amides is 1. The Kier molecular flexibility index (Phi) is 5.03. The summed E-state index contributed by atoms with van der Waals surface area (Å²) < 4.78 is 5.58. The fourth-order valence-corrected chi connectivity index (χ4v) is 4.18. The number of carbonyl (C=O) groups excluding carboxylic acids is 1. The Morgan fingerprint density at radius 2 is 2.19 bits per heavy atom. The summed E-state index contributed by atoms with van der Waals surface area (Å²) in [5.74, 6) is 0.661. The number of thioether (sulfide) groups is 1. The highest BCUT2D eigenvalue weighted by atomic mass is 32.2. The van der Waals surface area contributed by atoms with Gasteiger partial charge >= 0.3 is 0 Å². The molecule has 2 aromatic heterocycles. The largest absolute Gasteiger partial charge is 0.416 e. The second kappa shape index (κ2) is 7.59. The summed E-state index contributed by atoms with van der Waals surface area (Å²) >= 11 is 2.83. The number of hydrogen-bond acceptors (Lipinski definition) is 7. The Balaban J connectivity index is 1.29. The molecule has 6 nitrogen and oxygen atoms in total. The van der Waals surface area contributed by atoms with Gasteiger partial charge in [0.05, 0.1) is 22.9 Å². The Morgan fingerprint density at radius 3 is 3.04 bits per heavy atom. The minimum Gasteiger partial charge on any atom is -0.416 e. The maximum atomic E-state index is 12.2. The van der Waals surface area contributed by atoms with E-state index in [1.165, 1.54) is 29.3 Å². The monoisotopic (exact) mass is 386 g/mol. The van der Waals surface area contributed by atoms with Crippen LogP contribution in [-0.4, -0.2) is 26.8 Å². The van der Waals surface area contributed by atoms with Crippen molar-refractivity contribution in [1.29, 1.82) is 0 Å². The third-order valence-electron chi connectivity index (χ3n) is 4.16. The van der Waals surface area contributed by atoms with Crippen molar-refractivity contribution in [3.63, 3.8) is 0 Å². The van der Waals surface area contributed by atoms with Gasteiger partial charge < -0.3 is 9.73 Å². The number of nitrogens with one attached hydrogen (secondary N) is 1. The van der Waals surface area contributed by atoms with Gasteiger partial charge in [0.2, 0.25) is 11.8 Å². The van der Waals surface area contributed by atoms with Crippen LogP contribution in [0.1, 0.15) is 34.1 Å². The van der Waals surface area contributed by atoms with Gasteiger partial charge in [-0.25, -0.2) is 4.98 Å². The minimum absolute atomic E-state index is 0.0807. The number of benzene rings is 1. The van der Waals surface area contributed by atoms with Gasteiger partial charge in [0.15, 0.2) is 0 Å². The number of aryl methyl sites for hydroxylation is 3. The number of carbonyl (C=O) groups is 1. The van der Waals surface area contributed by atoms with Gasteiger partial charge in [-0.05, 0) is 49.4 Å². The molecule has 0 spiro atoms. The van der Waals surface area contributed by atoms with Crippen LogP contribution >= 0.6 is 23.1 Å². The second-order valence-electron chi connectivity index (χ2n) is 6.17. The summed E-state index contributed by atoms with van der Waals surface area (Å²) in [5.41, 5.74) is 4.50. The second-order valence-corrected chi connectivity index (χ2v) is 8.16. The topological polar surface area (TPSA) is 80.9 Å². The van der Waals surface area contributed by atoms with Gasteiger partial charge in [-0.3, -0.25) is 4.79 Å². The molecule has 3 aromatic rings. The number of thiazole rings is 1. The van der Waals surface area contributed by atoms with Crippen molar-refractivity contribution in [3.8, 4) is 0 Å². The molecular weight excluding hydrogens is 368 g/mol. The van der Waals surface area contributed by atoms with Crippen molar-refractivity contribution < 1.29 is 9.21 Å². The number of anilines is 1. The molecule has 26 heavy (non-hydrogen) atoms. The maximum absolute atomic E-state index is 12.2. The average molecular weight is 387 g/mol. The van der Waals surface area contributed by atoms with E-state index in [0.29, 0.717) is 17.5 Å². The van der Waals surface area contributed by atoms with Crippen molar-refractivity contribution in [2.75, 3.05) is 11.1 Å². The van der Waals surface area contributed by atoms with Gasteiger partial charge in [0, 0.05) is 11.1 Å². The molecule has 0 bridgehead atoms. The Labute approximate surface area is 159 Å². The first-order valence-corrected chi connectivity index (χ1v) is 10.3. The number of aromatic nitrogens is 3. The van der Waals surface area contributed by atoms with Crippen LogP contribution in [0.5, 0.6) is 0 Å². The Hall–Kier alpha value is -2.19. The Bertz CT molecular complexity index is 935. The Morgan fingerprint density at radius 1 is 1.31 bits per heavy atom. The third-order valence-corrected chi connectivity index (χ3v) is 5.80. The third kappa shape index (κ3) is 4.13. The number of hydrogen-bond donors (Lipinski definition) is 1. The SMILES string of the molecule is Cc1nc(Cc2nnc(SCC(=O)Nc3ccc4c(c3)CCC4)o2)cs1. The fraction of sp³-hybridized carbons (Fsp3) is 0.333.